The van der Waals surface area contributed by atoms with Gasteiger partial charge in [-0.3, -0.25) is 10.1 Å². The third kappa shape index (κ3) is 4.00. The van der Waals surface area contributed by atoms with Crippen molar-refractivity contribution in [3.63, 3.8) is 0 Å². The summed E-state index contributed by atoms with van der Waals surface area (Å²) in [4.78, 5) is 29.6. The van der Waals surface area contributed by atoms with Crippen LogP contribution in [0.5, 0.6) is 0 Å². The van der Waals surface area contributed by atoms with Crippen molar-refractivity contribution in [1.82, 2.24) is 10.1 Å². The highest BCUT2D eigenvalue weighted by atomic mass is 16.6. The van der Waals surface area contributed by atoms with Gasteiger partial charge in [-0.15, -0.1) is 0 Å². The zero-order chi connectivity index (χ0) is 21.1. The average Bonchev–Trinajstić information content (AvgIpc) is 3.44. The summed E-state index contributed by atoms with van der Waals surface area (Å²) in [5, 5.41) is 15.4. The average molecular weight is 408 g/mol. The molecule has 0 spiro atoms. The number of hydrogen-bond acceptors (Lipinski definition) is 8. The fourth-order valence-electron chi connectivity index (χ4n) is 3.48. The third-order valence-corrected chi connectivity index (χ3v) is 5.04. The molecule has 0 amide bonds. The van der Waals surface area contributed by atoms with Gasteiger partial charge in [0.1, 0.15) is 5.69 Å². The quantitative estimate of drug-likeness (QED) is 0.343. The Morgan fingerprint density at radius 3 is 2.73 bits per heavy atom. The van der Waals surface area contributed by atoms with Crippen LogP contribution in [0.3, 0.4) is 0 Å². The minimum absolute atomic E-state index is 0.100. The number of nitrogens with zero attached hydrogens (tertiary/aromatic N) is 4. The zero-order valence-electron chi connectivity index (χ0n) is 16.4. The van der Waals surface area contributed by atoms with Crippen molar-refractivity contribution in [1.29, 1.82) is 0 Å². The van der Waals surface area contributed by atoms with E-state index in [1.54, 1.807) is 6.07 Å². The Labute approximate surface area is 172 Å². The molecule has 1 saturated heterocycles. The summed E-state index contributed by atoms with van der Waals surface area (Å²) in [5.74, 6) is -0.142. The lowest BCUT2D eigenvalue weighted by atomic mass is 10.1. The fourth-order valence-corrected chi connectivity index (χ4v) is 3.48. The SMILES string of the molecule is Cc1ccccc1-c1noc(COC(=O)c2ccc(N3CCCC3)c([N+](=O)[O-])c2)n1. The van der Waals surface area contributed by atoms with Crippen LogP contribution in [-0.2, 0) is 11.3 Å². The van der Waals surface area contributed by atoms with Gasteiger partial charge in [0.2, 0.25) is 5.82 Å². The molecule has 9 nitrogen and oxygen atoms in total. The number of carbonyl (C=O) groups excluding carboxylic acids is 1. The molecule has 0 atom stereocenters. The maximum Gasteiger partial charge on any atom is 0.338 e. The first kappa shape index (κ1) is 19.6. The Morgan fingerprint density at radius 2 is 2.00 bits per heavy atom. The Balaban J connectivity index is 1.46. The molecule has 0 bridgehead atoms. The molecule has 0 N–H and O–H groups in total. The van der Waals surface area contributed by atoms with Gasteiger partial charge in [-0.1, -0.05) is 29.4 Å². The van der Waals surface area contributed by atoms with E-state index in [1.165, 1.54) is 12.1 Å². The number of ether oxygens (including phenoxy) is 1. The molecule has 9 heteroatoms. The molecule has 2 heterocycles. The number of carbonyl (C=O) groups is 1. The lowest BCUT2D eigenvalue weighted by Crippen LogP contribution is -2.19. The maximum absolute atomic E-state index is 12.4. The number of aryl methyl sites for hydroxylation is 1. The first-order chi connectivity index (χ1) is 14.5. The Morgan fingerprint density at radius 1 is 1.23 bits per heavy atom. The van der Waals surface area contributed by atoms with Crippen molar-refractivity contribution in [3.05, 3.63) is 69.6 Å². The van der Waals surface area contributed by atoms with Gasteiger partial charge in [0.25, 0.3) is 11.6 Å². The number of hydrogen-bond donors (Lipinski definition) is 0. The van der Waals surface area contributed by atoms with Crippen LogP contribution in [0.4, 0.5) is 11.4 Å². The molecule has 1 fully saturated rings. The Hall–Kier alpha value is -3.75. The van der Waals surface area contributed by atoms with Crippen molar-refractivity contribution in [2.45, 2.75) is 26.4 Å². The highest BCUT2D eigenvalue weighted by Gasteiger charge is 2.24. The highest BCUT2D eigenvalue weighted by molar-refractivity contribution is 5.91. The summed E-state index contributed by atoms with van der Waals surface area (Å²) < 4.78 is 10.4. The van der Waals surface area contributed by atoms with Gasteiger partial charge < -0.3 is 14.2 Å². The second-order valence-corrected chi connectivity index (χ2v) is 7.06. The van der Waals surface area contributed by atoms with Crippen LogP contribution in [-0.4, -0.2) is 34.1 Å². The van der Waals surface area contributed by atoms with Gasteiger partial charge in [0.05, 0.1) is 10.5 Å². The maximum atomic E-state index is 12.4. The number of nitro benzene ring substituents is 1. The van der Waals surface area contributed by atoms with E-state index in [-0.39, 0.29) is 23.7 Å². The number of benzene rings is 2. The van der Waals surface area contributed by atoms with Crippen LogP contribution in [0.15, 0.2) is 47.0 Å². The van der Waals surface area contributed by atoms with Crippen LogP contribution in [0, 0.1) is 17.0 Å². The van der Waals surface area contributed by atoms with Gasteiger partial charge >= 0.3 is 5.97 Å². The van der Waals surface area contributed by atoms with Crippen LogP contribution in [0.25, 0.3) is 11.4 Å². The Kier molecular flexibility index (Phi) is 5.42. The molecule has 1 aromatic heterocycles. The number of anilines is 1. The van der Waals surface area contributed by atoms with Crippen molar-refractivity contribution in [3.8, 4) is 11.4 Å². The first-order valence-electron chi connectivity index (χ1n) is 9.62. The van der Waals surface area contributed by atoms with E-state index in [1.807, 2.05) is 36.1 Å². The number of rotatable bonds is 6. The topological polar surface area (TPSA) is 112 Å². The summed E-state index contributed by atoms with van der Waals surface area (Å²) in [7, 11) is 0. The fraction of sp³-hybridized carbons (Fsp3) is 0.286. The number of esters is 1. The lowest BCUT2D eigenvalue weighted by molar-refractivity contribution is -0.384. The van der Waals surface area contributed by atoms with Gasteiger partial charge in [-0.25, -0.2) is 4.79 Å². The molecule has 4 rings (SSSR count). The van der Waals surface area contributed by atoms with E-state index in [0.717, 1.165) is 37.1 Å². The summed E-state index contributed by atoms with van der Waals surface area (Å²) in [6.07, 6.45) is 1.99. The van der Waals surface area contributed by atoms with Crippen molar-refractivity contribution in [2.24, 2.45) is 0 Å². The molecule has 1 aliphatic heterocycles. The molecule has 30 heavy (non-hydrogen) atoms. The molecule has 0 aliphatic carbocycles. The van der Waals surface area contributed by atoms with Crippen molar-refractivity contribution >= 4 is 17.3 Å². The smallest absolute Gasteiger partial charge is 0.338 e. The van der Waals surface area contributed by atoms with Gasteiger partial charge in [0, 0.05) is 24.7 Å². The summed E-state index contributed by atoms with van der Waals surface area (Å²) in [5.41, 5.74) is 2.34. The molecule has 154 valence electrons. The third-order valence-electron chi connectivity index (χ3n) is 5.04. The predicted molar refractivity (Wildman–Crippen MR) is 108 cm³/mol. The minimum Gasteiger partial charge on any atom is -0.452 e. The minimum atomic E-state index is -0.693. The summed E-state index contributed by atoms with van der Waals surface area (Å²) >= 11 is 0. The molecule has 0 unspecified atom stereocenters. The van der Waals surface area contributed by atoms with E-state index in [9.17, 15) is 14.9 Å². The van der Waals surface area contributed by atoms with Gasteiger partial charge in [0.15, 0.2) is 6.61 Å². The normalized spacial score (nSPS) is 13.4. The molecule has 2 aromatic carbocycles. The van der Waals surface area contributed by atoms with Gasteiger partial charge in [-0.05, 0) is 37.5 Å². The highest BCUT2D eigenvalue weighted by Crippen LogP contribution is 2.32. The van der Waals surface area contributed by atoms with Crippen LogP contribution >= 0.6 is 0 Å². The standard InChI is InChI=1S/C21H20N4O5/c1-14-6-2-3-7-16(14)20-22-19(30-23-20)13-29-21(26)15-8-9-17(18(12-15)25(27)28)24-10-4-5-11-24/h2-3,6-9,12H,4-5,10-11,13H2,1H3. The monoisotopic (exact) mass is 408 g/mol. The van der Waals surface area contributed by atoms with Crippen molar-refractivity contribution in [2.75, 3.05) is 18.0 Å². The number of aromatic nitrogens is 2. The molecular weight excluding hydrogens is 388 g/mol. The number of nitro groups is 1. The lowest BCUT2D eigenvalue weighted by Gasteiger charge is -2.17. The molecule has 3 aromatic rings. The van der Waals surface area contributed by atoms with E-state index >= 15 is 0 Å². The van der Waals surface area contributed by atoms with E-state index in [2.05, 4.69) is 10.1 Å². The molecule has 0 radical (unpaired) electrons. The second kappa shape index (κ2) is 8.32. The summed E-state index contributed by atoms with van der Waals surface area (Å²) in [6.45, 7) is 3.25. The first-order valence-corrected chi connectivity index (χ1v) is 9.62. The molecular formula is C21H20N4O5. The predicted octanol–water partition coefficient (Wildman–Crippen LogP) is 3.91. The molecule has 0 saturated carbocycles. The van der Waals surface area contributed by atoms with Crippen LogP contribution in [0.1, 0.15) is 34.7 Å². The van der Waals surface area contributed by atoms with Gasteiger partial charge in [-0.2, -0.15) is 4.98 Å². The van der Waals surface area contributed by atoms with Crippen LogP contribution < -0.4 is 4.90 Å². The van der Waals surface area contributed by atoms with E-state index < -0.39 is 10.9 Å². The molecule has 1 aliphatic rings. The zero-order valence-corrected chi connectivity index (χ0v) is 16.4. The Bertz CT molecular complexity index is 1090. The summed E-state index contributed by atoms with van der Waals surface area (Å²) in [6, 6.07) is 12.0. The van der Waals surface area contributed by atoms with Crippen LogP contribution in [0.2, 0.25) is 0 Å². The van der Waals surface area contributed by atoms with E-state index in [0.29, 0.717) is 11.5 Å². The largest absolute Gasteiger partial charge is 0.452 e. The van der Waals surface area contributed by atoms with Crippen molar-refractivity contribution < 1.29 is 19.0 Å². The second-order valence-electron chi connectivity index (χ2n) is 7.06. The van der Waals surface area contributed by atoms with E-state index in [4.69, 9.17) is 9.26 Å².